The molecule has 0 aromatic heterocycles. The van der Waals surface area contributed by atoms with Gasteiger partial charge >= 0.3 is 0 Å². The Morgan fingerprint density at radius 3 is 2.02 bits per heavy atom. The summed E-state index contributed by atoms with van der Waals surface area (Å²) < 4.78 is 6.46. The molecule has 0 N–H and O–H groups in total. The molecule has 5 aromatic rings. The molecule has 1 heteroatoms. The third kappa shape index (κ3) is 8.11. The van der Waals surface area contributed by atoms with E-state index >= 15 is 0 Å². The minimum absolute atomic E-state index is 0.499. The summed E-state index contributed by atoms with van der Waals surface area (Å²) in [7, 11) is 0. The number of rotatable bonds is 6. The van der Waals surface area contributed by atoms with Crippen LogP contribution in [0.25, 0.3) is 39.0 Å². The molecule has 6 rings (SSSR count). The zero-order chi connectivity index (χ0) is 33.5. The van der Waals surface area contributed by atoms with Gasteiger partial charge in [-0.2, -0.15) is 0 Å². The van der Waals surface area contributed by atoms with E-state index < -0.39 is 0 Å². The van der Waals surface area contributed by atoms with E-state index in [2.05, 4.69) is 156 Å². The molecule has 0 aliphatic heterocycles. The van der Waals surface area contributed by atoms with Crippen LogP contribution in [0.5, 0.6) is 11.5 Å². The summed E-state index contributed by atoms with van der Waals surface area (Å²) in [6, 6.07) is 39.0. The van der Waals surface area contributed by atoms with Gasteiger partial charge in [-0.3, -0.25) is 0 Å². The van der Waals surface area contributed by atoms with Gasteiger partial charge < -0.3 is 4.74 Å². The third-order valence-corrected chi connectivity index (χ3v) is 8.78. The number of hydrogen-bond donors (Lipinski definition) is 0. The fourth-order valence-corrected chi connectivity index (χ4v) is 6.30. The highest BCUT2D eigenvalue weighted by Gasteiger charge is 2.14. The summed E-state index contributed by atoms with van der Waals surface area (Å²) in [5.41, 5.74) is 14.2. The summed E-state index contributed by atoms with van der Waals surface area (Å²) in [4.78, 5) is 0. The predicted octanol–water partition coefficient (Wildman–Crippen LogP) is 13.4. The monoisotopic (exact) mass is 624 g/mol. The molecular weight excluding hydrogens is 581 g/mol. The van der Waals surface area contributed by atoms with Crippen LogP contribution < -0.4 is 4.74 Å². The minimum atomic E-state index is 0.499. The van der Waals surface area contributed by atoms with Crippen molar-refractivity contribution in [3.05, 3.63) is 186 Å². The van der Waals surface area contributed by atoms with E-state index in [1.54, 1.807) is 0 Å². The highest BCUT2D eigenvalue weighted by atomic mass is 16.5. The minimum Gasteiger partial charge on any atom is -0.456 e. The van der Waals surface area contributed by atoms with Crippen LogP contribution in [0.1, 0.15) is 42.0 Å². The van der Waals surface area contributed by atoms with E-state index in [1.165, 1.54) is 44.5 Å². The van der Waals surface area contributed by atoms with Crippen molar-refractivity contribution in [3.63, 3.8) is 0 Å². The summed E-state index contributed by atoms with van der Waals surface area (Å²) in [6.45, 7) is 13.1. The summed E-state index contributed by atoms with van der Waals surface area (Å²) in [5.74, 6) is 2.22. The van der Waals surface area contributed by atoms with Crippen LogP contribution in [0.15, 0.2) is 164 Å². The third-order valence-electron chi connectivity index (χ3n) is 8.78. The number of ether oxygens (including phenoxy) is 1. The van der Waals surface area contributed by atoms with Crippen LogP contribution in [0.3, 0.4) is 0 Å². The zero-order valence-corrected chi connectivity index (χ0v) is 28.5. The van der Waals surface area contributed by atoms with Crippen LogP contribution in [-0.2, 0) is 0 Å². The molecule has 238 valence electrons. The SMILES string of the molecule is C=C1/C=C\C=C/C(C)C/C=C\C=C(\c2cc(C)cc(-c3cccc(-c4cc(C)cc(-c5cccc(C)c5Oc5ccccc5)c4)c3)c2)C1. The van der Waals surface area contributed by atoms with Crippen LogP contribution in [0.2, 0.25) is 0 Å². The first-order valence-electron chi connectivity index (χ1n) is 16.9. The Kier molecular flexibility index (Phi) is 10.2. The number of para-hydroxylation sites is 2. The smallest absolute Gasteiger partial charge is 0.138 e. The van der Waals surface area contributed by atoms with Gasteiger partial charge in [0.2, 0.25) is 0 Å². The second-order valence-corrected chi connectivity index (χ2v) is 13.0. The van der Waals surface area contributed by atoms with Gasteiger partial charge in [0.05, 0.1) is 0 Å². The van der Waals surface area contributed by atoms with Crippen molar-refractivity contribution in [2.24, 2.45) is 5.92 Å². The first-order chi connectivity index (χ1) is 23.3. The molecule has 1 aliphatic carbocycles. The van der Waals surface area contributed by atoms with Gasteiger partial charge in [0, 0.05) is 5.56 Å². The maximum absolute atomic E-state index is 6.46. The molecule has 0 fully saturated rings. The number of hydrogen-bond acceptors (Lipinski definition) is 1. The van der Waals surface area contributed by atoms with Crippen LogP contribution in [-0.4, -0.2) is 0 Å². The number of aryl methyl sites for hydroxylation is 3. The van der Waals surface area contributed by atoms with Gasteiger partial charge in [0.1, 0.15) is 11.5 Å². The van der Waals surface area contributed by atoms with Crippen molar-refractivity contribution >= 4 is 5.57 Å². The summed E-state index contributed by atoms with van der Waals surface area (Å²) >= 11 is 0. The van der Waals surface area contributed by atoms with Crippen molar-refractivity contribution in [2.45, 2.75) is 40.5 Å². The molecule has 0 saturated heterocycles. The molecular formula is C47H44O. The van der Waals surface area contributed by atoms with Gasteiger partial charge in [-0.15, -0.1) is 0 Å². The van der Waals surface area contributed by atoms with Crippen molar-refractivity contribution in [3.8, 4) is 44.9 Å². The zero-order valence-electron chi connectivity index (χ0n) is 28.5. The molecule has 1 aliphatic rings. The Balaban J connectivity index is 1.35. The Morgan fingerprint density at radius 2 is 1.27 bits per heavy atom. The van der Waals surface area contributed by atoms with E-state index in [4.69, 9.17) is 4.74 Å². The number of benzene rings is 5. The van der Waals surface area contributed by atoms with Crippen molar-refractivity contribution in [2.75, 3.05) is 0 Å². The first-order valence-corrected chi connectivity index (χ1v) is 16.9. The fourth-order valence-electron chi connectivity index (χ4n) is 6.30. The second-order valence-electron chi connectivity index (χ2n) is 13.0. The highest BCUT2D eigenvalue weighted by Crippen LogP contribution is 2.39. The van der Waals surface area contributed by atoms with Gasteiger partial charge in [-0.05, 0) is 126 Å². The van der Waals surface area contributed by atoms with Crippen molar-refractivity contribution in [1.82, 2.24) is 0 Å². The molecule has 0 saturated carbocycles. The second kappa shape index (κ2) is 15.0. The molecule has 0 bridgehead atoms. The predicted molar refractivity (Wildman–Crippen MR) is 206 cm³/mol. The van der Waals surface area contributed by atoms with E-state index in [0.29, 0.717) is 5.92 Å². The van der Waals surface area contributed by atoms with Crippen molar-refractivity contribution in [1.29, 1.82) is 0 Å². The van der Waals surface area contributed by atoms with Crippen LogP contribution in [0.4, 0.5) is 0 Å². The van der Waals surface area contributed by atoms with E-state index in [1.807, 2.05) is 30.3 Å². The average Bonchev–Trinajstić information content (AvgIpc) is 3.08. The summed E-state index contributed by atoms with van der Waals surface area (Å²) in [6.07, 6.45) is 17.2. The van der Waals surface area contributed by atoms with Gasteiger partial charge in [-0.1, -0.05) is 140 Å². The molecule has 0 amide bonds. The topological polar surface area (TPSA) is 9.23 Å². The normalized spacial score (nSPS) is 18.1. The van der Waals surface area contributed by atoms with Crippen LogP contribution >= 0.6 is 0 Å². The van der Waals surface area contributed by atoms with Crippen molar-refractivity contribution < 1.29 is 4.74 Å². The lowest BCUT2D eigenvalue weighted by atomic mass is 9.91. The Labute approximate surface area is 287 Å². The summed E-state index contributed by atoms with van der Waals surface area (Å²) in [5, 5.41) is 0. The van der Waals surface area contributed by atoms with E-state index in [0.717, 1.165) is 46.6 Å². The highest BCUT2D eigenvalue weighted by molar-refractivity contribution is 5.82. The fraction of sp³-hybridized carbons (Fsp3) is 0.149. The molecule has 0 heterocycles. The van der Waals surface area contributed by atoms with Gasteiger partial charge in [0.15, 0.2) is 0 Å². The largest absolute Gasteiger partial charge is 0.456 e. The molecule has 5 aromatic carbocycles. The molecule has 0 radical (unpaired) electrons. The maximum atomic E-state index is 6.46. The van der Waals surface area contributed by atoms with E-state index in [9.17, 15) is 0 Å². The first kappa shape index (κ1) is 32.5. The maximum Gasteiger partial charge on any atom is 0.138 e. The lowest BCUT2D eigenvalue weighted by Gasteiger charge is -2.16. The number of allylic oxidation sites excluding steroid dienone is 9. The molecule has 1 unspecified atom stereocenters. The van der Waals surface area contributed by atoms with Crippen LogP contribution in [0, 0.1) is 26.7 Å². The van der Waals surface area contributed by atoms with Gasteiger partial charge in [-0.25, -0.2) is 0 Å². The molecule has 0 spiro atoms. The lowest BCUT2D eigenvalue weighted by Crippen LogP contribution is -1.93. The molecule has 1 atom stereocenters. The molecule has 48 heavy (non-hydrogen) atoms. The van der Waals surface area contributed by atoms with E-state index in [-0.39, 0.29) is 0 Å². The average molecular weight is 625 g/mol. The Bertz CT molecular complexity index is 2050. The molecule has 1 nitrogen and oxygen atoms in total. The Hall–Kier alpha value is -5.40. The quantitative estimate of drug-likeness (QED) is 0.183. The lowest BCUT2D eigenvalue weighted by molar-refractivity contribution is 0.481. The Morgan fingerprint density at radius 1 is 0.625 bits per heavy atom. The standard InChI is InChI=1S/C47H44O/c1-33-15-9-10-17-34(2)25-38(19-12-11-16-33)41-26-35(3)27-42(31-41)39-20-14-21-40(30-39)43-28-36(4)29-44(32-43)46-24-13-18-37(5)47(46)48-45-22-7-6-8-23-45/h6-15,17-24,26-33H,2,16,25H2,1,3-5H3/b12-11-,15-9-,17-10-,38-19+. The van der Waals surface area contributed by atoms with Gasteiger partial charge in [0.25, 0.3) is 0 Å².